The Morgan fingerprint density at radius 3 is 2.50 bits per heavy atom. The third-order valence-electron chi connectivity index (χ3n) is 3.38. The van der Waals surface area contributed by atoms with Crippen LogP contribution in [-0.4, -0.2) is 27.5 Å². The van der Waals surface area contributed by atoms with E-state index in [1.165, 1.54) is 26.2 Å². The van der Waals surface area contributed by atoms with Crippen LogP contribution in [-0.2, 0) is 18.8 Å². The molecule has 1 heterocycles. The first-order valence-electron chi connectivity index (χ1n) is 6.75. The Kier molecular flexibility index (Phi) is 5.03. The van der Waals surface area contributed by atoms with Gasteiger partial charge in [-0.15, -0.1) is 0 Å². The molecule has 0 saturated heterocycles. The van der Waals surface area contributed by atoms with Crippen molar-refractivity contribution in [3.05, 3.63) is 60.7 Å². The molecule has 0 aliphatic heterocycles. The fourth-order valence-electron chi connectivity index (χ4n) is 2.02. The molecule has 1 aromatic carbocycles. The molecule has 2 rings (SSSR count). The van der Waals surface area contributed by atoms with Gasteiger partial charge in [-0.05, 0) is 18.2 Å². The molecule has 126 valence electrons. The second-order valence-corrected chi connectivity index (χ2v) is 5.89. The molecule has 0 atom stereocenters. The highest BCUT2D eigenvalue weighted by atomic mass is 79.9. The number of ether oxygens (including phenoxy) is 1. The van der Waals surface area contributed by atoms with Gasteiger partial charge in [-0.25, -0.2) is 9.59 Å². The molecule has 8 nitrogen and oxygen atoms in total. The zero-order chi connectivity index (χ0) is 18.0. The van der Waals surface area contributed by atoms with E-state index in [9.17, 15) is 19.2 Å². The summed E-state index contributed by atoms with van der Waals surface area (Å²) in [5.74, 6) is -1.77. The Morgan fingerprint density at radius 2 is 1.88 bits per heavy atom. The Bertz CT molecular complexity index is 945. The Labute approximate surface area is 144 Å². The molecular weight excluding hydrogens is 382 g/mol. The van der Waals surface area contributed by atoms with Gasteiger partial charge in [-0.1, -0.05) is 22.0 Å². The average Bonchev–Trinajstić information content (AvgIpc) is 2.56. The summed E-state index contributed by atoms with van der Waals surface area (Å²) < 4.78 is 7.34. The number of anilines is 1. The summed E-state index contributed by atoms with van der Waals surface area (Å²) in [6, 6.07) is 6.43. The van der Waals surface area contributed by atoms with E-state index >= 15 is 0 Å². The third-order valence-corrected chi connectivity index (χ3v) is 3.88. The van der Waals surface area contributed by atoms with Crippen LogP contribution in [0.2, 0.25) is 0 Å². The molecule has 1 aromatic heterocycles. The first kappa shape index (κ1) is 17.7. The van der Waals surface area contributed by atoms with Crippen LogP contribution in [0.3, 0.4) is 0 Å². The van der Waals surface area contributed by atoms with E-state index in [-0.39, 0.29) is 16.9 Å². The monoisotopic (exact) mass is 395 g/mol. The third kappa shape index (κ3) is 3.30. The van der Waals surface area contributed by atoms with Crippen molar-refractivity contribution >= 4 is 33.5 Å². The van der Waals surface area contributed by atoms with Gasteiger partial charge in [0.05, 0.1) is 5.56 Å². The van der Waals surface area contributed by atoms with E-state index in [4.69, 9.17) is 10.5 Å². The van der Waals surface area contributed by atoms with Gasteiger partial charge in [0.25, 0.3) is 5.56 Å². The minimum absolute atomic E-state index is 0.249. The number of nitrogens with zero attached hydrogens (tertiary/aromatic N) is 2. The first-order valence-corrected chi connectivity index (χ1v) is 7.54. The van der Waals surface area contributed by atoms with Crippen molar-refractivity contribution in [3.8, 4) is 0 Å². The van der Waals surface area contributed by atoms with Crippen LogP contribution >= 0.6 is 15.9 Å². The molecule has 9 heteroatoms. The fourth-order valence-corrected chi connectivity index (χ4v) is 2.42. The molecule has 0 aliphatic rings. The predicted octanol–water partition coefficient (Wildman–Crippen LogP) is 0.468. The van der Waals surface area contributed by atoms with E-state index in [1.54, 1.807) is 12.1 Å². The SMILES string of the molecule is Cn1c(N)c(C(=O)COC(=O)c2cccc(Br)c2)c(=O)n(C)c1=O. The molecule has 0 bridgehead atoms. The highest BCUT2D eigenvalue weighted by Crippen LogP contribution is 2.13. The van der Waals surface area contributed by atoms with Crippen molar-refractivity contribution in [1.82, 2.24) is 9.13 Å². The van der Waals surface area contributed by atoms with E-state index in [0.29, 0.717) is 4.47 Å². The predicted molar refractivity (Wildman–Crippen MR) is 90.1 cm³/mol. The number of ketones is 1. The number of aromatic nitrogens is 2. The quantitative estimate of drug-likeness (QED) is 0.594. The number of rotatable bonds is 4. The minimum Gasteiger partial charge on any atom is -0.454 e. The summed E-state index contributed by atoms with van der Waals surface area (Å²) in [7, 11) is 2.57. The molecule has 0 amide bonds. The van der Waals surface area contributed by atoms with Gasteiger partial charge >= 0.3 is 11.7 Å². The highest BCUT2D eigenvalue weighted by molar-refractivity contribution is 9.10. The second-order valence-electron chi connectivity index (χ2n) is 4.98. The number of halogens is 1. The van der Waals surface area contributed by atoms with Crippen LogP contribution in [0.4, 0.5) is 5.82 Å². The van der Waals surface area contributed by atoms with Crippen LogP contribution < -0.4 is 17.0 Å². The van der Waals surface area contributed by atoms with Gasteiger partial charge in [-0.2, -0.15) is 0 Å². The molecule has 0 spiro atoms. The number of esters is 1. The number of hydrogen-bond donors (Lipinski definition) is 1. The van der Waals surface area contributed by atoms with Crippen molar-refractivity contribution in [2.45, 2.75) is 0 Å². The minimum atomic E-state index is -0.834. The molecule has 2 aromatic rings. The molecule has 0 radical (unpaired) electrons. The Balaban J connectivity index is 2.24. The van der Waals surface area contributed by atoms with Crippen LogP contribution in [0.5, 0.6) is 0 Å². The zero-order valence-electron chi connectivity index (χ0n) is 12.9. The van der Waals surface area contributed by atoms with E-state index in [0.717, 1.165) is 9.13 Å². The van der Waals surface area contributed by atoms with E-state index in [1.807, 2.05) is 0 Å². The largest absolute Gasteiger partial charge is 0.454 e. The zero-order valence-corrected chi connectivity index (χ0v) is 14.5. The number of nitrogens with two attached hydrogens (primary N) is 1. The van der Waals surface area contributed by atoms with Crippen LogP contribution in [0, 0.1) is 0 Å². The molecule has 24 heavy (non-hydrogen) atoms. The average molecular weight is 396 g/mol. The van der Waals surface area contributed by atoms with Crippen molar-refractivity contribution in [1.29, 1.82) is 0 Å². The normalized spacial score (nSPS) is 10.5. The van der Waals surface area contributed by atoms with Crippen LogP contribution in [0.25, 0.3) is 0 Å². The standard InChI is InChI=1S/C15H14BrN3O5/c1-18-12(17)11(13(21)19(2)15(18)23)10(20)7-24-14(22)8-4-3-5-9(16)6-8/h3-6H,7,17H2,1-2H3. The molecule has 2 N–H and O–H groups in total. The number of benzene rings is 1. The lowest BCUT2D eigenvalue weighted by Gasteiger charge is -2.11. The first-order chi connectivity index (χ1) is 11.2. The summed E-state index contributed by atoms with van der Waals surface area (Å²) in [5, 5.41) is 0. The Morgan fingerprint density at radius 1 is 1.21 bits per heavy atom. The summed E-state index contributed by atoms with van der Waals surface area (Å²) in [5.41, 5.74) is 4.05. The van der Waals surface area contributed by atoms with Gasteiger partial charge in [0.15, 0.2) is 6.61 Å². The number of carbonyl (C=O) groups excluding carboxylic acids is 2. The van der Waals surface area contributed by atoms with E-state index < -0.39 is 29.6 Å². The number of nitrogen functional groups attached to an aromatic ring is 1. The topological polar surface area (TPSA) is 113 Å². The lowest BCUT2D eigenvalue weighted by molar-refractivity contribution is 0.0474. The lowest BCUT2D eigenvalue weighted by Crippen LogP contribution is -2.42. The van der Waals surface area contributed by atoms with E-state index in [2.05, 4.69) is 15.9 Å². The molecule has 0 saturated carbocycles. The smallest absolute Gasteiger partial charge is 0.338 e. The van der Waals surface area contributed by atoms with Gasteiger partial charge in [0, 0.05) is 18.6 Å². The van der Waals surface area contributed by atoms with Crippen LogP contribution in [0.15, 0.2) is 38.3 Å². The Hall–Kier alpha value is -2.68. The molecule has 0 unspecified atom stereocenters. The highest BCUT2D eigenvalue weighted by Gasteiger charge is 2.21. The summed E-state index contributed by atoms with van der Waals surface area (Å²) >= 11 is 3.22. The summed E-state index contributed by atoms with van der Waals surface area (Å²) in [6.07, 6.45) is 0. The molecular formula is C15H14BrN3O5. The van der Waals surface area contributed by atoms with Gasteiger partial charge in [-0.3, -0.25) is 18.7 Å². The fraction of sp³-hybridized carbons (Fsp3) is 0.200. The number of Topliss-reactive ketones (excluding diaryl/α,β-unsaturated/α-hetero) is 1. The van der Waals surface area contributed by atoms with Crippen molar-refractivity contribution < 1.29 is 14.3 Å². The van der Waals surface area contributed by atoms with Gasteiger partial charge < -0.3 is 10.5 Å². The summed E-state index contributed by atoms with van der Waals surface area (Å²) in [4.78, 5) is 47.9. The second kappa shape index (κ2) is 6.83. The molecule has 0 fully saturated rings. The molecule has 0 aliphatic carbocycles. The maximum Gasteiger partial charge on any atom is 0.338 e. The number of carbonyl (C=O) groups is 2. The van der Waals surface area contributed by atoms with Gasteiger partial charge in [0.2, 0.25) is 5.78 Å². The maximum atomic E-state index is 12.2. The number of hydrogen-bond acceptors (Lipinski definition) is 6. The maximum absolute atomic E-state index is 12.2. The van der Waals surface area contributed by atoms with Crippen LogP contribution in [0.1, 0.15) is 20.7 Å². The summed E-state index contributed by atoms with van der Waals surface area (Å²) in [6.45, 7) is -0.664. The van der Waals surface area contributed by atoms with Crippen molar-refractivity contribution in [2.24, 2.45) is 14.1 Å². The van der Waals surface area contributed by atoms with Crippen molar-refractivity contribution in [3.63, 3.8) is 0 Å². The van der Waals surface area contributed by atoms with Gasteiger partial charge in [0.1, 0.15) is 11.4 Å². The van der Waals surface area contributed by atoms with Crippen molar-refractivity contribution in [2.75, 3.05) is 12.3 Å². The lowest BCUT2D eigenvalue weighted by atomic mass is 10.2.